The monoisotopic (exact) mass is 408 g/mol. The third kappa shape index (κ3) is 5.19. The number of alkyl halides is 3. The van der Waals surface area contributed by atoms with Crippen LogP contribution < -0.4 is 4.74 Å². The van der Waals surface area contributed by atoms with Crippen LogP contribution in [-0.2, 0) is 17.5 Å². The molecule has 0 N–H and O–H groups in total. The van der Waals surface area contributed by atoms with E-state index in [1.54, 1.807) is 17.0 Å². The van der Waals surface area contributed by atoms with Gasteiger partial charge in [-0.2, -0.15) is 13.2 Å². The number of fused-ring (bicyclic) bond motifs is 1. The van der Waals surface area contributed by atoms with Crippen molar-refractivity contribution in [3.63, 3.8) is 0 Å². The number of hydrogen-bond acceptors (Lipinski definition) is 4. The number of carbonyl (C=O) groups excluding carboxylic acids is 1. The highest BCUT2D eigenvalue weighted by Gasteiger charge is 2.32. The standard InChI is InChI=1S/C21H23F3N2O3/c1-3-4-9-28-20(27)26-12-14(2)18-7-5-16(10-15(18)13-26)29-17-6-8-19(25-11-17)21(22,23)24/h5-8,10-11,14H,3-4,9,12-13H2,1-2H3. The van der Waals surface area contributed by atoms with Gasteiger partial charge < -0.3 is 14.4 Å². The van der Waals surface area contributed by atoms with Gasteiger partial charge in [0.05, 0.1) is 12.8 Å². The first-order chi connectivity index (χ1) is 13.8. The van der Waals surface area contributed by atoms with E-state index in [1.807, 2.05) is 19.9 Å². The van der Waals surface area contributed by atoms with Gasteiger partial charge in [0, 0.05) is 13.1 Å². The number of aromatic nitrogens is 1. The Hall–Kier alpha value is -2.77. The second-order valence-electron chi connectivity index (χ2n) is 7.09. The summed E-state index contributed by atoms with van der Waals surface area (Å²) in [6, 6.07) is 7.60. The number of amides is 1. The Bertz CT molecular complexity index is 853. The first-order valence-electron chi connectivity index (χ1n) is 9.53. The van der Waals surface area contributed by atoms with Crippen molar-refractivity contribution in [1.82, 2.24) is 9.88 Å². The van der Waals surface area contributed by atoms with Crippen LogP contribution in [0.4, 0.5) is 18.0 Å². The molecule has 0 bridgehead atoms. The van der Waals surface area contributed by atoms with E-state index in [4.69, 9.17) is 9.47 Å². The van der Waals surface area contributed by atoms with Crippen LogP contribution in [0.3, 0.4) is 0 Å². The van der Waals surface area contributed by atoms with Crippen molar-refractivity contribution in [1.29, 1.82) is 0 Å². The predicted molar refractivity (Wildman–Crippen MR) is 101 cm³/mol. The van der Waals surface area contributed by atoms with E-state index >= 15 is 0 Å². The Labute approximate surface area is 167 Å². The van der Waals surface area contributed by atoms with Crippen molar-refractivity contribution in [2.75, 3.05) is 13.2 Å². The third-order valence-corrected chi connectivity index (χ3v) is 4.74. The van der Waals surface area contributed by atoms with Crippen LogP contribution in [0.2, 0.25) is 0 Å². The van der Waals surface area contributed by atoms with Gasteiger partial charge in [0.1, 0.15) is 17.2 Å². The van der Waals surface area contributed by atoms with Gasteiger partial charge in [0.2, 0.25) is 0 Å². The summed E-state index contributed by atoms with van der Waals surface area (Å²) in [6.45, 7) is 5.43. The molecule has 2 heterocycles. The number of hydrogen-bond donors (Lipinski definition) is 0. The minimum atomic E-state index is -4.49. The van der Waals surface area contributed by atoms with Gasteiger partial charge in [0.25, 0.3) is 0 Å². The van der Waals surface area contributed by atoms with Gasteiger partial charge in [-0.15, -0.1) is 0 Å². The summed E-state index contributed by atoms with van der Waals surface area (Å²) >= 11 is 0. The zero-order valence-electron chi connectivity index (χ0n) is 16.3. The molecule has 1 aromatic heterocycles. The number of pyridine rings is 1. The molecule has 0 spiro atoms. The zero-order valence-corrected chi connectivity index (χ0v) is 16.3. The molecule has 0 fully saturated rings. The highest BCUT2D eigenvalue weighted by atomic mass is 19.4. The van der Waals surface area contributed by atoms with E-state index in [-0.39, 0.29) is 17.8 Å². The van der Waals surface area contributed by atoms with Gasteiger partial charge in [-0.3, -0.25) is 0 Å². The molecule has 1 atom stereocenters. The number of carbonyl (C=O) groups is 1. The fourth-order valence-electron chi connectivity index (χ4n) is 3.24. The molecule has 0 radical (unpaired) electrons. The van der Waals surface area contributed by atoms with Crippen molar-refractivity contribution >= 4 is 6.09 Å². The quantitative estimate of drug-likeness (QED) is 0.591. The molecule has 1 aliphatic rings. The lowest BCUT2D eigenvalue weighted by Gasteiger charge is -2.32. The van der Waals surface area contributed by atoms with Crippen LogP contribution in [0.25, 0.3) is 0 Å². The zero-order chi connectivity index (χ0) is 21.0. The Morgan fingerprint density at radius 3 is 2.66 bits per heavy atom. The Morgan fingerprint density at radius 2 is 2.00 bits per heavy atom. The van der Waals surface area contributed by atoms with Gasteiger partial charge in [-0.05, 0) is 47.7 Å². The molecular formula is C21H23F3N2O3. The van der Waals surface area contributed by atoms with Gasteiger partial charge in [-0.1, -0.05) is 26.3 Å². The van der Waals surface area contributed by atoms with Gasteiger partial charge in [-0.25, -0.2) is 9.78 Å². The largest absolute Gasteiger partial charge is 0.456 e. The summed E-state index contributed by atoms with van der Waals surface area (Å²) in [5, 5.41) is 0. The molecule has 1 unspecified atom stereocenters. The maximum Gasteiger partial charge on any atom is 0.433 e. The lowest BCUT2D eigenvalue weighted by molar-refractivity contribution is -0.141. The first-order valence-corrected chi connectivity index (χ1v) is 9.53. The summed E-state index contributed by atoms with van der Waals surface area (Å²) in [5.74, 6) is 0.815. The van der Waals surface area contributed by atoms with Crippen LogP contribution in [0, 0.1) is 0 Å². The summed E-state index contributed by atoms with van der Waals surface area (Å²) in [7, 11) is 0. The maximum absolute atomic E-state index is 12.6. The van der Waals surface area contributed by atoms with Crippen molar-refractivity contribution in [2.45, 2.75) is 45.3 Å². The lowest BCUT2D eigenvalue weighted by Crippen LogP contribution is -2.38. The van der Waals surface area contributed by atoms with E-state index in [1.165, 1.54) is 6.07 Å². The average molecular weight is 408 g/mol. The van der Waals surface area contributed by atoms with Gasteiger partial charge >= 0.3 is 12.3 Å². The summed E-state index contributed by atoms with van der Waals surface area (Å²) < 4.78 is 48.8. The molecule has 2 aromatic rings. The Morgan fingerprint density at radius 1 is 1.24 bits per heavy atom. The topological polar surface area (TPSA) is 51.7 Å². The van der Waals surface area contributed by atoms with Crippen molar-refractivity contribution in [3.8, 4) is 11.5 Å². The maximum atomic E-state index is 12.6. The second-order valence-corrected chi connectivity index (χ2v) is 7.09. The fourth-order valence-corrected chi connectivity index (χ4v) is 3.24. The van der Waals surface area contributed by atoms with E-state index in [0.29, 0.717) is 25.4 Å². The van der Waals surface area contributed by atoms with E-state index in [9.17, 15) is 18.0 Å². The number of halogens is 3. The molecule has 0 saturated carbocycles. The molecule has 0 aliphatic carbocycles. The molecule has 8 heteroatoms. The SMILES string of the molecule is CCCCOC(=O)N1Cc2cc(Oc3ccc(C(F)(F)F)nc3)ccc2C(C)C1. The second kappa shape index (κ2) is 8.71. The molecule has 0 saturated heterocycles. The number of unbranched alkanes of at least 4 members (excludes halogenated alkanes) is 1. The minimum absolute atomic E-state index is 0.138. The normalized spacial score (nSPS) is 16.3. The van der Waals surface area contributed by atoms with Crippen LogP contribution in [0.5, 0.6) is 11.5 Å². The third-order valence-electron chi connectivity index (χ3n) is 4.74. The highest BCUT2D eigenvalue weighted by Crippen LogP contribution is 2.33. The van der Waals surface area contributed by atoms with Crippen LogP contribution >= 0.6 is 0 Å². The minimum Gasteiger partial charge on any atom is -0.456 e. The molecule has 1 amide bonds. The van der Waals surface area contributed by atoms with Crippen molar-refractivity contribution in [3.05, 3.63) is 53.3 Å². The highest BCUT2D eigenvalue weighted by molar-refractivity contribution is 5.68. The predicted octanol–water partition coefficient (Wildman–Crippen LogP) is 5.75. The Kier molecular flexibility index (Phi) is 6.30. The summed E-state index contributed by atoms with van der Waals surface area (Å²) in [4.78, 5) is 17.3. The summed E-state index contributed by atoms with van der Waals surface area (Å²) in [6.07, 6.45) is -2.01. The molecule has 1 aromatic carbocycles. The molecule has 156 valence electrons. The lowest BCUT2D eigenvalue weighted by atomic mass is 9.91. The molecule has 29 heavy (non-hydrogen) atoms. The summed E-state index contributed by atoms with van der Waals surface area (Å²) in [5.41, 5.74) is 1.07. The molecule has 3 rings (SSSR count). The van der Waals surface area contributed by atoms with Crippen molar-refractivity contribution < 1.29 is 27.4 Å². The van der Waals surface area contributed by atoms with Gasteiger partial charge in [0.15, 0.2) is 0 Å². The average Bonchev–Trinajstić information content (AvgIpc) is 2.67. The van der Waals surface area contributed by atoms with Crippen LogP contribution in [0.1, 0.15) is 49.4 Å². The number of ether oxygens (including phenoxy) is 2. The first kappa shape index (κ1) is 21.0. The number of nitrogens with zero attached hydrogens (tertiary/aromatic N) is 2. The van der Waals surface area contributed by atoms with Crippen molar-refractivity contribution in [2.24, 2.45) is 0 Å². The number of benzene rings is 1. The number of rotatable bonds is 5. The van der Waals surface area contributed by atoms with Crippen LogP contribution in [0.15, 0.2) is 36.5 Å². The molecular weight excluding hydrogens is 385 g/mol. The smallest absolute Gasteiger partial charge is 0.433 e. The van der Waals surface area contributed by atoms with Crippen LogP contribution in [-0.4, -0.2) is 29.1 Å². The van der Waals surface area contributed by atoms with E-state index in [2.05, 4.69) is 4.98 Å². The Balaban J connectivity index is 1.71. The molecule has 5 nitrogen and oxygen atoms in total. The van der Waals surface area contributed by atoms with E-state index in [0.717, 1.165) is 36.2 Å². The fraction of sp³-hybridized carbons (Fsp3) is 0.429. The molecule has 1 aliphatic heterocycles. The van der Waals surface area contributed by atoms with E-state index < -0.39 is 11.9 Å².